The summed E-state index contributed by atoms with van der Waals surface area (Å²) in [4.78, 5) is 22.6. The van der Waals surface area contributed by atoms with E-state index in [0.717, 1.165) is 5.56 Å². The van der Waals surface area contributed by atoms with Crippen LogP contribution in [0.1, 0.15) is 11.1 Å². The molecule has 0 aromatic heterocycles. The van der Waals surface area contributed by atoms with Crippen molar-refractivity contribution in [3.8, 4) is 5.75 Å². The second kappa shape index (κ2) is 8.73. The Kier molecular flexibility index (Phi) is 6.66. The number of anilines is 1. The lowest BCUT2D eigenvalue weighted by atomic mass is 10.1. The van der Waals surface area contributed by atoms with E-state index in [9.17, 15) is 14.9 Å². The van der Waals surface area contributed by atoms with Gasteiger partial charge in [0.2, 0.25) is 5.91 Å². The van der Waals surface area contributed by atoms with Crippen molar-refractivity contribution in [2.24, 2.45) is 0 Å². The number of thioether (sulfide) groups is 1. The van der Waals surface area contributed by atoms with Crippen LogP contribution in [0.5, 0.6) is 5.75 Å². The summed E-state index contributed by atoms with van der Waals surface area (Å²) in [6.45, 7) is 1.70. The van der Waals surface area contributed by atoms with Crippen molar-refractivity contribution in [1.29, 1.82) is 0 Å². The number of nitrogens with one attached hydrogen (secondary N) is 1. The highest BCUT2D eigenvalue weighted by molar-refractivity contribution is 7.99. The van der Waals surface area contributed by atoms with Gasteiger partial charge in [0, 0.05) is 28.6 Å². The maximum Gasteiger partial charge on any atom is 0.311 e. The van der Waals surface area contributed by atoms with Crippen molar-refractivity contribution in [1.82, 2.24) is 0 Å². The normalized spacial score (nSPS) is 10.4. The lowest BCUT2D eigenvalue weighted by Gasteiger charge is -2.11. The molecule has 0 aliphatic rings. The number of nitro groups is 1. The minimum Gasteiger partial charge on any atom is -0.490 e. The molecule has 1 amide bonds. The zero-order chi connectivity index (χ0) is 18.4. The summed E-state index contributed by atoms with van der Waals surface area (Å²) >= 11 is 7.30. The van der Waals surface area contributed by atoms with E-state index in [1.54, 1.807) is 6.92 Å². The van der Waals surface area contributed by atoms with Gasteiger partial charge in [-0.3, -0.25) is 14.9 Å². The number of nitrogens with zero attached hydrogens (tertiary/aromatic N) is 1. The van der Waals surface area contributed by atoms with E-state index in [1.165, 1.54) is 31.0 Å². The van der Waals surface area contributed by atoms with Gasteiger partial charge in [-0.2, -0.15) is 0 Å². The Labute approximate surface area is 154 Å². The maximum atomic E-state index is 12.1. The third-order valence-corrected chi connectivity index (χ3v) is 4.67. The average Bonchev–Trinajstić information content (AvgIpc) is 2.58. The van der Waals surface area contributed by atoms with Crippen molar-refractivity contribution in [2.45, 2.75) is 12.7 Å². The van der Waals surface area contributed by atoms with Gasteiger partial charge in [0.1, 0.15) is 0 Å². The van der Waals surface area contributed by atoms with Gasteiger partial charge in [-0.1, -0.05) is 23.7 Å². The molecule has 2 aromatic rings. The molecule has 0 atom stereocenters. The molecule has 2 aromatic carbocycles. The van der Waals surface area contributed by atoms with E-state index in [2.05, 4.69) is 5.32 Å². The number of methoxy groups -OCH3 is 1. The summed E-state index contributed by atoms with van der Waals surface area (Å²) < 4.78 is 5.02. The Morgan fingerprint density at radius 1 is 1.32 bits per heavy atom. The van der Waals surface area contributed by atoms with Crippen LogP contribution in [0.15, 0.2) is 36.4 Å². The Balaban J connectivity index is 1.95. The first-order valence-corrected chi connectivity index (χ1v) is 8.89. The summed E-state index contributed by atoms with van der Waals surface area (Å²) in [6, 6.07) is 10.3. The zero-order valence-electron chi connectivity index (χ0n) is 13.7. The predicted octanol–water partition coefficient (Wildman–Crippen LogP) is 4.44. The van der Waals surface area contributed by atoms with Crippen LogP contribution in [0.4, 0.5) is 11.4 Å². The van der Waals surface area contributed by atoms with E-state index >= 15 is 0 Å². The van der Waals surface area contributed by atoms with Gasteiger partial charge in [0.25, 0.3) is 0 Å². The van der Waals surface area contributed by atoms with Gasteiger partial charge >= 0.3 is 5.69 Å². The average molecular weight is 381 g/mol. The van der Waals surface area contributed by atoms with Gasteiger partial charge in [0.15, 0.2) is 5.75 Å². The van der Waals surface area contributed by atoms with Crippen LogP contribution in [0.3, 0.4) is 0 Å². The highest BCUT2D eigenvalue weighted by atomic mass is 35.5. The molecule has 0 unspecified atom stereocenters. The van der Waals surface area contributed by atoms with Gasteiger partial charge in [-0.05, 0) is 30.2 Å². The zero-order valence-corrected chi connectivity index (χ0v) is 15.3. The summed E-state index contributed by atoms with van der Waals surface area (Å²) in [6.07, 6.45) is 0. The van der Waals surface area contributed by atoms with Crippen LogP contribution in [0.25, 0.3) is 0 Å². The number of hydrogen-bond donors (Lipinski definition) is 1. The van der Waals surface area contributed by atoms with Crippen LogP contribution in [-0.4, -0.2) is 23.7 Å². The molecule has 0 saturated carbocycles. The lowest BCUT2D eigenvalue weighted by molar-refractivity contribution is -0.385. The molecule has 2 rings (SSSR count). The molecule has 1 N–H and O–H groups in total. The van der Waals surface area contributed by atoms with E-state index in [-0.39, 0.29) is 23.1 Å². The minimum absolute atomic E-state index is 0.111. The standard InChI is InChI=1S/C17H17ClN2O4S/c1-11-7-15(20(22)23)16(24-2)8-14(11)19-17(21)10-25-9-12-3-5-13(18)6-4-12/h3-8H,9-10H2,1-2H3,(H,19,21). The first-order valence-electron chi connectivity index (χ1n) is 7.35. The first kappa shape index (κ1) is 19.1. The summed E-state index contributed by atoms with van der Waals surface area (Å²) in [5.74, 6) is 0.881. The molecule has 0 bridgehead atoms. The molecule has 0 radical (unpaired) electrons. The van der Waals surface area contributed by atoms with Crippen molar-refractivity contribution in [3.63, 3.8) is 0 Å². The molecule has 0 fully saturated rings. The van der Waals surface area contributed by atoms with Crippen LogP contribution in [0.2, 0.25) is 5.02 Å². The van der Waals surface area contributed by atoms with Crippen molar-refractivity contribution < 1.29 is 14.5 Å². The molecule has 6 nitrogen and oxygen atoms in total. The third kappa shape index (κ3) is 5.37. The third-order valence-electron chi connectivity index (χ3n) is 3.41. The van der Waals surface area contributed by atoms with Crippen molar-refractivity contribution in [2.75, 3.05) is 18.2 Å². The van der Waals surface area contributed by atoms with Crippen molar-refractivity contribution >= 4 is 40.6 Å². The topological polar surface area (TPSA) is 81.5 Å². The van der Waals surface area contributed by atoms with E-state index in [4.69, 9.17) is 16.3 Å². The smallest absolute Gasteiger partial charge is 0.311 e. The second-order valence-corrected chi connectivity index (χ2v) is 6.69. The number of nitro benzene ring substituents is 1. The molecule has 0 spiro atoms. The summed E-state index contributed by atoms with van der Waals surface area (Å²) in [7, 11) is 1.35. The first-order chi connectivity index (χ1) is 11.9. The van der Waals surface area contributed by atoms with Crippen LogP contribution < -0.4 is 10.1 Å². The fourth-order valence-electron chi connectivity index (χ4n) is 2.14. The summed E-state index contributed by atoms with van der Waals surface area (Å²) in [5, 5.41) is 14.4. The van der Waals surface area contributed by atoms with E-state index in [1.807, 2.05) is 24.3 Å². The van der Waals surface area contributed by atoms with Gasteiger partial charge < -0.3 is 10.1 Å². The van der Waals surface area contributed by atoms with Crippen LogP contribution >= 0.6 is 23.4 Å². The van der Waals surface area contributed by atoms with Gasteiger partial charge in [0.05, 0.1) is 17.8 Å². The number of benzene rings is 2. The molecule has 0 heterocycles. The van der Waals surface area contributed by atoms with E-state index < -0.39 is 4.92 Å². The minimum atomic E-state index is -0.514. The number of rotatable bonds is 7. The molecule has 132 valence electrons. The number of aryl methyl sites for hydroxylation is 1. The fourth-order valence-corrected chi connectivity index (χ4v) is 3.06. The van der Waals surface area contributed by atoms with Crippen molar-refractivity contribution in [3.05, 3.63) is 62.7 Å². The van der Waals surface area contributed by atoms with Crippen LogP contribution in [0, 0.1) is 17.0 Å². The lowest BCUT2D eigenvalue weighted by Crippen LogP contribution is -2.15. The fraction of sp³-hybridized carbons (Fsp3) is 0.235. The monoisotopic (exact) mass is 380 g/mol. The quantitative estimate of drug-likeness (QED) is 0.567. The predicted molar refractivity (Wildman–Crippen MR) is 101 cm³/mol. The van der Waals surface area contributed by atoms with Gasteiger partial charge in [-0.15, -0.1) is 11.8 Å². The molecule has 8 heteroatoms. The Bertz CT molecular complexity index is 781. The summed E-state index contributed by atoms with van der Waals surface area (Å²) in [5.41, 5.74) is 2.05. The molecule has 25 heavy (non-hydrogen) atoms. The van der Waals surface area contributed by atoms with Crippen LogP contribution in [-0.2, 0) is 10.5 Å². The largest absolute Gasteiger partial charge is 0.490 e. The number of carbonyl (C=O) groups excluding carboxylic acids is 1. The maximum absolute atomic E-state index is 12.1. The van der Waals surface area contributed by atoms with Gasteiger partial charge in [-0.25, -0.2) is 0 Å². The Morgan fingerprint density at radius 2 is 2.00 bits per heavy atom. The number of hydrogen-bond acceptors (Lipinski definition) is 5. The number of amides is 1. The molecule has 0 saturated heterocycles. The number of halogens is 1. The molecular weight excluding hydrogens is 364 g/mol. The molecule has 0 aliphatic heterocycles. The second-order valence-electron chi connectivity index (χ2n) is 5.26. The number of ether oxygens (including phenoxy) is 1. The molecule has 0 aliphatic carbocycles. The molecular formula is C17H17ClN2O4S. The Hall–Kier alpha value is -2.25. The van der Waals surface area contributed by atoms with E-state index in [0.29, 0.717) is 22.0 Å². The highest BCUT2D eigenvalue weighted by Crippen LogP contribution is 2.32. The number of carbonyl (C=O) groups is 1. The highest BCUT2D eigenvalue weighted by Gasteiger charge is 2.18. The Morgan fingerprint density at radius 3 is 2.60 bits per heavy atom. The SMILES string of the molecule is COc1cc(NC(=O)CSCc2ccc(Cl)cc2)c(C)cc1[N+](=O)[O-].